The van der Waals surface area contributed by atoms with Crippen LogP contribution in [0.2, 0.25) is 0 Å². The van der Waals surface area contributed by atoms with Crippen molar-refractivity contribution in [1.82, 2.24) is 10.2 Å². The highest BCUT2D eigenvalue weighted by Gasteiger charge is 2.33. The second-order valence-electron chi connectivity index (χ2n) is 5.71. The lowest BCUT2D eigenvalue weighted by atomic mass is 10.0. The predicted octanol–water partition coefficient (Wildman–Crippen LogP) is 2.12. The van der Waals surface area contributed by atoms with Gasteiger partial charge < -0.3 is 10.2 Å². The van der Waals surface area contributed by atoms with Crippen molar-refractivity contribution in [3.63, 3.8) is 0 Å². The Labute approximate surface area is 120 Å². The molecule has 2 rings (SSSR count). The van der Waals surface area contributed by atoms with Crippen molar-refractivity contribution in [1.29, 1.82) is 0 Å². The Bertz CT molecular complexity index is 471. The van der Waals surface area contributed by atoms with Gasteiger partial charge in [0.05, 0.1) is 6.54 Å². The SMILES string of the molecule is CC(C)CCCN1CC(=O)NC(c2ccccc2)C1=O. The fourth-order valence-corrected chi connectivity index (χ4v) is 2.45. The lowest BCUT2D eigenvalue weighted by Crippen LogP contribution is -2.53. The number of benzene rings is 1. The molecule has 0 bridgehead atoms. The molecule has 1 fully saturated rings. The van der Waals surface area contributed by atoms with Crippen LogP contribution in [0.3, 0.4) is 0 Å². The van der Waals surface area contributed by atoms with Crippen LogP contribution in [0.25, 0.3) is 0 Å². The van der Waals surface area contributed by atoms with E-state index in [9.17, 15) is 9.59 Å². The van der Waals surface area contributed by atoms with E-state index in [4.69, 9.17) is 0 Å². The summed E-state index contributed by atoms with van der Waals surface area (Å²) in [6, 6.07) is 8.88. The molecule has 0 radical (unpaired) electrons. The summed E-state index contributed by atoms with van der Waals surface area (Å²) in [7, 11) is 0. The standard InChI is InChI=1S/C16H22N2O2/c1-12(2)7-6-10-18-11-14(19)17-15(16(18)20)13-8-4-3-5-9-13/h3-5,8-9,12,15H,6-7,10-11H2,1-2H3,(H,17,19). The first-order valence-corrected chi connectivity index (χ1v) is 7.21. The number of carbonyl (C=O) groups is 2. The quantitative estimate of drug-likeness (QED) is 0.894. The Morgan fingerprint density at radius 2 is 1.95 bits per heavy atom. The third-order valence-corrected chi connectivity index (χ3v) is 3.54. The van der Waals surface area contributed by atoms with Gasteiger partial charge in [-0.2, -0.15) is 0 Å². The monoisotopic (exact) mass is 274 g/mol. The maximum Gasteiger partial charge on any atom is 0.250 e. The Kier molecular flexibility index (Phi) is 4.77. The van der Waals surface area contributed by atoms with Crippen LogP contribution in [-0.2, 0) is 9.59 Å². The fourth-order valence-electron chi connectivity index (χ4n) is 2.45. The zero-order chi connectivity index (χ0) is 14.5. The number of hydrogen-bond acceptors (Lipinski definition) is 2. The maximum absolute atomic E-state index is 12.5. The molecule has 1 aliphatic heterocycles. The third-order valence-electron chi connectivity index (χ3n) is 3.54. The molecule has 1 atom stereocenters. The van der Waals surface area contributed by atoms with Gasteiger partial charge in [-0.05, 0) is 24.3 Å². The van der Waals surface area contributed by atoms with Gasteiger partial charge in [0.1, 0.15) is 6.04 Å². The van der Waals surface area contributed by atoms with Crippen molar-refractivity contribution < 1.29 is 9.59 Å². The molecule has 2 amide bonds. The van der Waals surface area contributed by atoms with E-state index in [1.165, 1.54) is 0 Å². The molecule has 1 heterocycles. The van der Waals surface area contributed by atoms with Crippen molar-refractivity contribution in [2.45, 2.75) is 32.7 Å². The van der Waals surface area contributed by atoms with E-state index in [1.54, 1.807) is 4.90 Å². The molecular formula is C16H22N2O2. The van der Waals surface area contributed by atoms with E-state index in [1.807, 2.05) is 30.3 Å². The van der Waals surface area contributed by atoms with Gasteiger partial charge in [-0.25, -0.2) is 0 Å². The molecule has 1 aromatic rings. The van der Waals surface area contributed by atoms with Gasteiger partial charge in [-0.3, -0.25) is 9.59 Å². The van der Waals surface area contributed by atoms with Crippen molar-refractivity contribution in [3.05, 3.63) is 35.9 Å². The minimum absolute atomic E-state index is 0.000411. The summed E-state index contributed by atoms with van der Waals surface area (Å²) in [4.78, 5) is 25.9. The highest BCUT2D eigenvalue weighted by Crippen LogP contribution is 2.19. The Morgan fingerprint density at radius 1 is 1.25 bits per heavy atom. The molecule has 0 aliphatic carbocycles. The first-order chi connectivity index (χ1) is 9.58. The zero-order valence-electron chi connectivity index (χ0n) is 12.1. The van der Waals surface area contributed by atoms with Gasteiger partial charge in [-0.15, -0.1) is 0 Å². The lowest BCUT2D eigenvalue weighted by molar-refractivity contribution is -0.144. The van der Waals surface area contributed by atoms with E-state index in [0.29, 0.717) is 12.5 Å². The number of hydrogen-bond donors (Lipinski definition) is 1. The van der Waals surface area contributed by atoms with Gasteiger partial charge in [0, 0.05) is 6.54 Å². The summed E-state index contributed by atoms with van der Waals surface area (Å²) in [6.45, 7) is 5.17. The molecule has 1 unspecified atom stereocenters. The molecule has 1 aromatic carbocycles. The van der Waals surface area contributed by atoms with Crippen LogP contribution in [0, 0.1) is 5.92 Å². The highest BCUT2D eigenvalue weighted by molar-refractivity contribution is 5.95. The Hall–Kier alpha value is -1.84. The second kappa shape index (κ2) is 6.55. The molecule has 0 spiro atoms. The average molecular weight is 274 g/mol. The summed E-state index contributed by atoms with van der Waals surface area (Å²) < 4.78 is 0. The van der Waals surface area contributed by atoms with Crippen LogP contribution in [0.15, 0.2) is 30.3 Å². The minimum atomic E-state index is -0.531. The van der Waals surface area contributed by atoms with Crippen LogP contribution in [0.1, 0.15) is 38.3 Å². The zero-order valence-corrected chi connectivity index (χ0v) is 12.1. The van der Waals surface area contributed by atoms with E-state index in [0.717, 1.165) is 18.4 Å². The van der Waals surface area contributed by atoms with Gasteiger partial charge in [0.2, 0.25) is 11.8 Å². The predicted molar refractivity (Wildman–Crippen MR) is 78.0 cm³/mol. The molecule has 4 heteroatoms. The van der Waals surface area contributed by atoms with Crippen LogP contribution >= 0.6 is 0 Å². The van der Waals surface area contributed by atoms with Crippen molar-refractivity contribution in [2.24, 2.45) is 5.92 Å². The van der Waals surface area contributed by atoms with E-state index in [2.05, 4.69) is 19.2 Å². The van der Waals surface area contributed by atoms with Crippen LogP contribution < -0.4 is 5.32 Å². The van der Waals surface area contributed by atoms with E-state index < -0.39 is 6.04 Å². The summed E-state index contributed by atoms with van der Waals surface area (Å²) in [5.41, 5.74) is 0.847. The summed E-state index contributed by atoms with van der Waals surface area (Å²) in [6.07, 6.45) is 2.01. The molecule has 20 heavy (non-hydrogen) atoms. The van der Waals surface area contributed by atoms with Crippen LogP contribution in [0.5, 0.6) is 0 Å². The van der Waals surface area contributed by atoms with Crippen molar-refractivity contribution in [3.8, 4) is 0 Å². The minimum Gasteiger partial charge on any atom is -0.339 e. The number of nitrogens with one attached hydrogen (secondary N) is 1. The molecule has 1 aliphatic rings. The molecule has 4 nitrogen and oxygen atoms in total. The number of nitrogens with zero attached hydrogens (tertiary/aromatic N) is 1. The topological polar surface area (TPSA) is 49.4 Å². The van der Waals surface area contributed by atoms with Crippen molar-refractivity contribution in [2.75, 3.05) is 13.1 Å². The largest absolute Gasteiger partial charge is 0.339 e. The summed E-state index contributed by atoms with van der Waals surface area (Å²) in [5, 5.41) is 2.78. The van der Waals surface area contributed by atoms with Crippen LogP contribution in [0.4, 0.5) is 0 Å². The molecule has 1 saturated heterocycles. The average Bonchev–Trinajstić information content (AvgIpc) is 2.43. The van der Waals surface area contributed by atoms with E-state index in [-0.39, 0.29) is 18.4 Å². The molecule has 108 valence electrons. The third kappa shape index (κ3) is 3.59. The summed E-state index contributed by atoms with van der Waals surface area (Å²) in [5.74, 6) is 0.538. The van der Waals surface area contributed by atoms with Gasteiger partial charge in [-0.1, -0.05) is 44.2 Å². The molecule has 0 saturated carbocycles. The van der Waals surface area contributed by atoms with Gasteiger partial charge >= 0.3 is 0 Å². The number of amides is 2. The fraction of sp³-hybridized carbons (Fsp3) is 0.500. The molecular weight excluding hydrogens is 252 g/mol. The number of rotatable bonds is 5. The lowest BCUT2D eigenvalue weighted by Gasteiger charge is -2.33. The molecule has 0 aromatic heterocycles. The van der Waals surface area contributed by atoms with E-state index >= 15 is 0 Å². The smallest absolute Gasteiger partial charge is 0.250 e. The summed E-state index contributed by atoms with van der Waals surface area (Å²) >= 11 is 0. The molecule has 1 N–H and O–H groups in total. The Morgan fingerprint density at radius 3 is 2.60 bits per heavy atom. The first kappa shape index (κ1) is 14.6. The van der Waals surface area contributed by atoms with Crippen molar-refractivity contribution >= 4 is 11.8 Å². The van der Waals surface area contributed by atoms with Gasteiger partial charge in [0.25, 0.3) is 0 Å². The van der Waals surface area contributed by atoms with Gasteiger partial charge in [0.15, 0.2) is 0 Å². The van der Waals surface area contributed by atoms with Crippen LogP contribution in [-0.4, -0.2) is 29.8 Å². The normalized spacial score (nSPS) is 19.4. The Balaban J connectivity index is 2.04. The first-order valence-electron chi connectivity index (χ1n) is 7.21. The maximum atomic E-state index is 12.5. The highest BCUT2D eigenvalue weighted by atomic mass is 16.2. The second-order valence-corrected chi connectivity index (χ2v) is 5.71. The number of piperazine rings is 1. The number of carbonyl (C=O) groups excluding carboxylic acids is 2.